The van der Waals surface area contributed by atoms with Crippen molar-refractivity contribution in [3.8, 4) is 0 Å². The Morgan fingerprint density at radius 2 is 2.19 bits per heavy atom. The maximum absolute atomic E-state index is 3.57. The molecule has 0 saturated heterocycles. The van der Waals surface area contributed by atoms with Crippen molar-refractivity contribution in [3.63, 3.8) is 0 Å². The SMILES string of the molecule is C/C=C/CNCC1(N(C)C)CCCC(C)C1. The third kappa shape index (κ3) is 3.60. The summed E-state index contributed by atoms with van der Waals surface area (Å²) in [4.78, 5) is 2.44. The normalized spacial score (nSPS) is 31.4. The van der Waals surface area contributed by atoms with Crippen LogP contribution in [-0.4, -0.2) is 37.6 Å². The third-order valence-corrected chi connectivity index (χ3v) is 3.97. The Morgan fingerprint density at radius 1 is 1.44 bits per heavy atom. The molecule has 2 heteroatoms. The van der Waals surface area contributed by atoms with E-state index in [1.807, 2.05) is 0 Å². The number of rotatable bonds is 5. The molecule has 2 nitrogen and oxygen atoms in total. The van der Waals surface area contributed by atoms with Crippen LogP contribution in [0.1, 0.15) is 39.5 Å². The summed E-state index contributed by atoms with van der Waals surface area (Å²) in [5, 5.41) is 3.57. The van der Waals surface area contributed by atoms with E-state index in [2.05, 4.69) is 50.3 Å². The summed E-state index contributed by atoms with van der Waals surface area (Å²) in [7, 11) is 4.46. The van der Waals surface area contributed by atoms with E-state index in [0.717, 1.165) is 19.0 Å². The molecule has 16 heavy (non-hydrogen) atoms. The van der Waals surface area contributed by atoms with Crippen LogP contribution in [0.5, 0.6) is 0 Å². The first-order valence-corrected chi connectivity index (χ1v) is 6.60. The zero-order valence-corrected chi connectivity index (χ0v) is 11.4. The number of hydrogen-bond donors (Lipinski definition) is 1. The van der Waals surface area contributed by atoms with Crippen LogP contribution in [-0.2, 0) is 0 Å². The minimum Gasteiger partial charge on any atom is -0.311 e. The lowest BCUT2D eigenvalue weighted by atomic mass is 9.75. The summed E-state index contributed by atoms with van der Waals surface area (Å²) in [5.74, 6) is 0.875. The maximum atomic E-state index is 3.57. The lowest BCUT2D eigenvalue weighted by Crippen LogP contribution is -2.54. The van der Waals surface area contributed by atoms with E-state index >= 15 is 0 Å². The first kappa shape index (κ1) is 13.7. The van der Waals surface area contributed by atoms with Gasteiger partial charge in [-0.1, -0.05) is 31.9 Å². The van der Waals surface area contributed by atoms with E-state index < -0.39 is 0 Å². The highest BCUT2D eigenvalue weighted by Gasteiger charge is 2.36. The van der Waals surface area contributed by atoms with Crippen LogP contribution >= 0.6 is 0 Å². The van der Waals surface area contributed by atoms with Gasteiger partial charge in [0.05, 0.1) is 0 Å². The van der Waals surface area contributed by atoms with E-state index in [1.165, 1.54) is 25.7 Å². The Balaban J connectivity index is 2.51. The van der Waals surface area contributed by atoms with Crippen molar-refractivity contribution in [2.24, 2.45) is 5.92 Å². The molecule has 0 bridgehead atoms. The molecule has 0 aliphatic heterocycles. The van der Waals surface area contributed by atoms with E-state index in [4.69, 9.17) is 0 Å². The lowest BCUT2D eigenvalue weighted by Gasteiger charge is -2.45. The highest BCUT2D eigenvalue weighted by Crippen LogP contribution is 2.35. The zero-order chi connectivity index (χ0) is 12.0. The average molecular weight is 224 g/mol. The molecule has 0 aromatic heterocycles. The van der Waals surface area contributed by atoms with Crippen LogP contribution < -0.4 is 5.32 Å². The van der Waals surface area contributed by atoms with Crippen molar-refractivity contribution < 1.29 is 0 Å². The fourth-order valence-electron chi connectivity index (χ4n) is 2.86. The Kier molecular flexibility index (Phi) is 5.50. The molecule has 94 valence electrons. The molecule has 0 heterocycles. The van der Waals surface area contributed by atoms with Crippen molar-refractivity contribution in [1.29, 1.82) is 0 Å². The van der Waals surface area contributed by atoms with Gasteiger partial charge in [-0.05, 0) is 39.8 Å². The summed E-state index contributed by atoms with van der Waals surface area (Å²) in [5.41, 5.74) is 0.388. The standard InChI is InChI=1S/C14H28N2/c1-5-6-10-15-12-14(16(3)4)9-7-8-13(2)11-14/h5-6,13,15H,7-12H2,1-4H3/b6-5+. The Bertz CT molecular complexity index is 223. The smallest absolute Gasteiger partial charge is 0.0330 e. The van der Waals surface area contributed by atoms with Gasteiger partial charge >= 0.3 is 0 Å². The second-order valence-electron chi connectivity index (χ2n) is 5.52. The predicted octanol–water partition coefficient (Wildman–Crippen LogP) is 2.66. The summed E-state index contributed by atoms with van der Waals surface area (Å²) in [6.45, 7) is 6.59. The van der Waals surface area contributed by atoms with Crippen LogP contribution in [0.25, 0.3) is 0 Å². The van der Waals surface area contributed by atoms with E-state index in [1.54, 1.807) is 0 Å². The summed E-state index contributed by atoms with van der Waals surface area (Å²) < 4.78 is 0. The van der Waals surface area contributed by atoms with Gasteiger partial charge in [-0.2, -0.15) is 0 Å². The molecule has 1 aliphatic rings. The Morgan fingerprint density at radius 3 is 2.75 bits per heavy atom. The van der Waals surface area contributed by atoms with Gasteiger partial charge in [0, 0.05) is 18.6 Å². The van der Waals surface area contributed by atoms with Gasteiger partial charge in [0.25, 0.3) is 0 Å². The third-order valence-electron chi connectivity index (χ3n) is 3.97. The first-order chi connectivity index (χ1) is 7.60. The van der Waals surface area contributed by atoms with E-state index in [-0.39, 0.29) is 0 Å². The quantitative estimate of drug-likeness (QED) is 0.570. The van der Waals surface area contributed by atoms with Gasteiger partial charge in [-0.15, -0.1) is 0 Å². The molecule has 1 aliphatic carbocycles. The predicted molar refractivity (Wildman–Crippen MR) is 71.7 cm³/mol. The number of likely N-dealkylation sites (N-methyl/N-ethyl adjacent to an activating group) is 1. The maximum Gasteiger partial charge on any atom is 0.0330 e. The molecule has 1 fully saturated rings. The molecule has 0 amide bonds. The second kappa shape index (κ2) is 6.41. The molecule has 0 spiro atoms. The number of nitrogens with one attached hydrogen (secondary N) is 1. The van der Waals surface area contributed by atoms with Crippen molar-refractivity contribution in [2.75, 3.05) is 27.2 Å². The molecule has 1 saturated carbocycles. The molecule has 0 aromatic rings. The van der Waals surface area contributed by atoms with Crippen molar-refractivity contribution in [3.05, 3.63) is 12.2 Å². The van der Waals surface area contributed by atoms with Gasteiger partial charge in [0.15, 0.2) is 0 Å². The number of allylic oxidation sites excluding steroid dienone is 1. The zero-order valence-electron chi connectivity index (χ0n) is 11.4. The Hall–Kier alpha value is -0.340. The topological polar surface area (TPSA) is 15.3 Å². The lowest BCUT2D eigenvalue weighted by molar-refractivity contribution is 0.0763. The molecule has 1 N–H and O–H groups in total. The molecular formula is C14H28N2. The van der Waals surface area contributed by atoms with Crippen molar-refractivity contribution in [2.45, 2.75) is 45.1 Å². The van der Waals surface area contributed by atoms with E-state index in [0.29, 0.717) is 5.54 Å². The van der Waals surface area contributed by atoms with Crippen molar-refractivity contribution >= 4 is 0 Å². The molecule has 2 unspecified atom stereocenters. The fraction of sp³-hybridized carbons (Fsp3) is 0.857. The Labute approximate surface area is 101 Å². The molecule has 2 atom stereocenters. The molecule has 0 aromatic carbocycles. The largest absolute Gasteiger partial charge is 0.311 e. The van der Waals surface area contributed by atoms with E-state index in [9.17, 15) is 0 Å². The fourth-order valence-corrected chi connectivity index (χ4v) is 2.86. The van der Waals surface area contributed by atoms with Crippen LogP contribution in [0.4, 0.5) is 0 Å². The minimum absolute atomic E-state index is 0.388. The second-order valence-corrected chi connectivity index (χ2v) is 5.52. The number of hydrogen-bond acceptors (Lipinski definition) is 2. The number of nitrogens with zero attached hydrogens (tertiary/aromatic N) is 1. The van der Waals surface area contributed by atoms with Gasteiger partial charge in [0.1, 0.15) is 0 Å². The molecule has 0 radical (unpaired) electrons. The first-order valence-electron chi connectivity index (χ1n) is 6.60. The summed E-state index contributed by atoms with van der Waals surface area (Å²) in [6, 6.07) is 0. The van der Waals surface area contributed by atoms with Crippen LogP contribution in [0, 0.1) is 5.92 Å². The minimum atomic E-state index is 0.388. The van der Waals surface area contributed by atoms with Gasteiger partial charge in [0.2, 0.25) is 0 Å². The summed E-state index contributed by atoms with van der Waals surface area (Å²) >= 11 is 0. The average Bonchev–Trinajstić information content (AvgIpc) is 2.24. The monoisotopic (exact) mass is 224 g/mol. The van der Waals surface area contributed by atoms with Gasteiger partial charge < -0.3 is 10.2 Å². The van der Waals surface area contributed by atoms with Gasteiger partial charge in [-0.25, -0.2) is 0 Å². The summed E-state index contributed by atoms with van der Waals surface area (Å²) in [6.07, 6.45) is 9.76. The highest BCUT2D eigenvalue weighted by atomic mass is 15.2. The van der Waals surface area contributed by atoms with Crippen molar-refractivity contribution in [1.82, 2.24) is 10.2 Å². The van der Waals surface area contributed by atoms with Crippen LogP contribution in [0.2, 0.25) is 0 Å². The highest BCUT2D eigenvalue weighted by molar-refractivity contribution is 4.95. The van der Waals surface area contributed by atoms with Crippen LogP contribution in [0.3, 0.4) is 0 Å². The van der Waals surface area contributed by atoms with Gasteiger partial charge in [-0.3, -0.25) is 0 Å². The molecular weight excluding hydrogens is 196 g/mol. The molecule has 1 rings (SSSR count). The van der Waals surface area contributed by atoms with Crippen LogP contribution in [0.15, 0.2) is 12.2 Å².